The molecule has 0 radical (unpaired) electrons. The standard InChI is InChI=1S/C10H17Cl/c1-6-8-4-7(5-9(6)11)10(8,2)3/h6-9H,4-5H2,1-3H3. The fraction of sp³-hybridized carbons (Fsp3) is 1.00. The van der Waals surface area contributed by atoms with E-state index in [-0.39, 0.29) is 0 Å². The van der Waals surface area contributed by atoms with Gasteiger partial charge in [0.2, 0.25) is 0 Å². The first-order chi connectivity index (χ1) is 5.03. The van der Waals surface area contributed by atoms with Crippen LogP contribution in [0.1, 0.15) is 33.6 Å². The van der Waals surface area contributed by atoms with Crippen LogP contribution in [-0.2, 0) is 0 Å². The Morgan fingerprint density at radius 2 is 1.91 bits per heavy atom. The third-order valence-corrected chi connectivity index (χ3v) is 4.84. The molecule has 3 aliphatic carbocycles. The normalized spacial score (nSPS) is 53.5. The van der Waals surface area contributed by atoms with Gasteiger partial charge in [-0.25, -0.2) is 0 Å². The topological polar surface area (TPSA) is 0 Å². The lowest BCUT2D eigenvalue weighted by atomic mass is 9.46. The summed E-state index contributed by atoms with van der Waals surface area (Å²) in [5, 5.41) is 0.465. The van der Waals surface area contributed by atoms with Crippen molar-refractivity contribution in [1.82, 2.24) is 0 Å². The van der Waals surface area contributed by atoms with Crippen molar-refractivity contribution in [3.63, 3.8) is 0 Å². The van der Waals surface area contributed by atoms with Crippen molar-refractivity contribution >= 4 is 11.6 Å². The molecule has 0 heterocycles. The zero-order valence-electron chi connectivity index (χ0n) is 7.60. The van der Waals surface area contributed by atoms with Crippen LogP contribution in [0.2, 0.25) is 0 Å². The summed E-state index contributed by atoms with van der Waals surface area (Å²) in [4.78, 5) is 0. The van der Waals surface area contributed by atoms with Gasteiger partial charge in [-0.15, -0.1) is 11.6 Å². The molecule has 3 fully saturated rings. The van der Waals surface area contributed by atoms with Gasteiger partial charge in [0, 0.05) is 5.38 Å². The molecule has 0 aromatic heterocycles. The number of halogens is 1. The molecule has 0 aromatic rings. The van der Waals surface area contributed by atoms with Gasteiger partial charge in [-0.3, -0.25) is 0 Å². The van der Waals surface area contributed by atoms with Crippen LogP contribution < -0.4 is 0 Å². The fourth-order valence-corrected chi connectivity index (χ4v) is 3.48. The van der Waals surface area contributed by atoms with Crippen molar-refractivity contribution in [2.45, 2.75) is 39.0 Å². The molecule has 0 N–H and O–H groups in total. The molecule has 3 saturated carbocycles. The number of hydrogen-bond acceptors (Lipinski definition) is 0. The monoisotopic (exact) mass is 172 g/mol. The van der Waals surface area contributed by atoms with E-state index in [0.29, 0.717) is 10.8 Å². The molecule has 4 unspecified atom stereocenters. The van der Waals surface area contributed by atoms with Crippen LogP contribution in [0.15, 0.2) is 0 Å². The molecule has 3 aliphatic rings. The zero-order chi connectivity index (χ0) is 8.22. The maximum absolute atomic E-state index is 6.22. The maximum Gasteiger partial charge on any atom is 0.0367 e. The van der Waals surface area contributed by atoms with Gasteiger partial charge >= 0.3 is 0 Å². The molecule has 11 heavy (non-hydrogen) atoms. The average Bonchev–Trinajstić information content (AvgIpc) is 1.93. The summed E-state index contributed by atoms with van der Waals surface area (Å²) in [6, 6.07) is 0. The molecule has 4 atom stereocenters. The molecule has 0 amide bonds. The van der Waals surface area contributed by atoms with Gasteiger partial charge < -0.3 is 0 Å². The molecule has 1 heteroatoms. The molecular formula is C10H17Cl. The Kier molecular flexibility index (Phi) is 1.55. The van der Waals surface area contributed by atoms with Gasteiger partial charge in [0.25, 0.3) is 0 Å². The second-order valence-electron chi connectivity index (χ2n) is 4.97. The minimum Gasteiger partial charge on any atom is -0.123 e. The Morgan fingerprint density at radius 3 is 2.27 bits per heavy atom. The minimum absolute atomic E-state index is 0.465. The Balaban J connectivity index is 2.17. The molecule has 0 saturated heterocycles. The summed E-state index contributed by atoms with van der Waals surface area (Å²) in [6.07, 6.45) is 2.70. The van der Waals surface area contributed by atoms with Crippen molar-refractivity contribution < 1.29 is 0 Å². The SMILES string of the molecule is CC1C(Cl)CC2CC1C2(C)C. The highest BCUT2D eigenvalue weighted by atomic mass is 35.5. The highest BCUT2D eigenvalue weighted by Crippen LogP contribution is 2.62. The number of hydrogen-bond donors (Lipinski definition) is 0. The van der Waals surface area contributed by atoms with Gasteiger partial charge in [-0.1, -0.05) is 20.8 Å². The van der Waals surface area contributed by atoms with Crippen LogP contribution in [0.4, 0.5) is 0 Å². The molecule has 0 spiro atoms. The summed E-state index contributed by atoms with van der Waals surface area (Å²) >= 11 is 6.22. The van der Waals surface area contributed by atoms with Crippen molar-refractivity contribution in [1.29, 1.82) is 0 Å². The Hall–Kier alpha value is 0.290. The smallest absolute Gasteiger partial charge is 0.0367 e. The Morgan fingerprint density at radius 1 is 1.27 bits per heavy atom. The summed E-state index contributed by atoms with van der Waals surface area (Å²) in [6.45, 7) is 7.13. The van der Waals surface area contributed by atoms with Crippen LogP contribution in [0.3, 0.4) is 0 Å². The summed E-state index contributed by atoms with van der Waals surface area (Å²) in [5.74, 6) is 2.58. The van der Waals surface area contributed by atoms with Gasteiger partial charge in [0.05, 0.1) is 0 Å². The molecule has 0 aromatic carbocycles. The summed E-state index contributed by atoms with van der Waals surface area (Å²) in [5.41, 5.74) is 0.602. The van der Waals surface area contributed by atoms with E-state index < -0.39 is 0 Å². The molecule has 0 nitrogen and oxygen atoms in total. The van der Waals surface area contributed by atoms with Gasteiger partial charge in [0.15, 0.2) is 0 Å². The van der Waals surface area contributed by atoms with E-state index in [2.05, 4.69) is 20.8 Å². The first-order valence-electron chi connectivity index (χ1n) is 4.67. The lowest BCUT2D eigenvalue weighted by molar-refractivity contribution is -0.0962. The van der Waals surface area contributed by atoms with E-state index in [4.69, 9.17) is 11.6 Å². The highest BCUT2D eigenvalue weighted by molar-refractivity contribution is 6.20. The van der Waals surface area contributed by atoms with Crippen LogP contribution in [0, 0.1) is 23.2 Å². The lowest BCUT2D eigenvalue weighted by Gasteiger charge is -2.61. The minimum atomic E-state index is 0.465. The zero-order valence-corrected chi connectivity index (χ0v) is 8.36. The third kappa shape index (κ3) is 0.884. The molecule has 64 valence electrons. The van der Waals surface area contributed by atoms with Crippen molar-refractivity contribution in [2.75, 3.05) is 0 Å². The van der Waals surface area contributed by atoms with Gasteiger partial charge in [0.1, 0.15) is 0 Å². The second-order valence-corrected chi connectivity index (χ2v) is 5.53. The first kappa shape index (κ1) is 7.91. The van der Waals surface area contributed by atoms with E-state index in [9.17, 15) is 0 Å². The lowest BCUT2D eigenvalue weighted by Crippen LogP contribution is -2.55. The predicted octanol–water partition coefficient (Wildman–Crippen LogP) is 3.30. The van der Waals surface area contributed by atoms with Crippen LogP contribution in [-0.4, -0.2) is 5.38 Å². The fourth-order valence-electron chi connectivity index (χ4n) is 3.09. The molecule has 0 aliphatic heterocycles. The van der Waals surface area contributed by atoms with E-state index in [1.807, 2.05) is 0 Å². The Bertz CT molecular complexity index is 174. The molecular weight excluding hydrogens is 156 g/mol. The maximum atomic E-state index is 6.22. The quantitative estimate of drug-likeness (QED) is 0.492. The first-order valence-corrected chi connectivity index (χ1v) is 5.11. The summed E-state index contributed by atoms with van der Waals surface area (Å²) < 4.78 is 0. The number of fused-ring (bicyclic) bond motifs is 2. The van der Waals surface area contributed by atoms with Crippen molar-refractivity contribution in [3.8, 4) is 0 Å². The van der Waals surface area contributed by atoms with E-state index in [1.165, 1.54) is 12.8 Å². The third-order valence-electron chi connectivity index (χ3n) is 4.26. The van der Waals surface area contributed by atoms with Crippen molar-refractivity contribution in [3.05, 3.63) is 0 Å². The number of rotatable bonds is 0. The average molecular weight is 173 g/mol. The van der Waals surface area contributed by atoms with Crippen molar-refractivity contribution in [2.24, 2.45) is 23.2 Å². The second kappa shape index (κ2) is 2.16. The van der Waals surface area contributed by atoms with Gasteiger partial charge in [-0.05, 0) is 36.0 Å². The summed E-state index contributed by atoms with van der Waals surface area (Å²) in [7, 11) is 0. The molecule has 2 bridgehead atoms. The predicted molar refractivity (Wildman–Crippen MR) is 48.8 cm³/mol. The highest BCUT2D eigenvalue weighted by Gasteiger charge is 2.55. The van der Waals surface area contributed by atoms with Crippen LogP contribution >= 0.6 is 11.6 Å². The molecule has 3 rings (SSSR count). The largest absolute Gasteiger partial charge is 0.123 e. The number of alkyl halides is 1. The van der Waals surface area contributed by atoms with E-state index in [0.717, 1.165) is 17.8 Å². The van der Waals surface area contributed by atoms with E-state index >= 15 is 0 Å². The Labute approximate surface area is 74.3 Å². The van der Waals surface area contributed by atoms with E-state index in [1.54, 1.807) is 0 Å². The van der Waals surface area contributed by atoms with Crippen LogP contribution in [0.25, 0.3) is 0 Å². The van der Waals surface area contributed by atoms with Gasteiger partial charge in [-0.2, -0.15) is 0 Å². The van der Waals surface area contributed by atoms with Crippen LogP contribution in [0.5, 0.6) is 0 Å².